The molecule has 1 aliphatic heterocycles. The highest BCUT2D eigenvalue weighted by molar-refractivity contribution is 6.34. The number of amides is 2. The van der Waals surface area contributed by atoms with Crippen molar-refractivity contribution in [3.05, 3.63) is 63.9 Å². The van der Waals surface area contributed by atoms with Crippen LogP contribution in [-0.2, 0) is 0 Å². The molecule has 1 saturated heterocycles. The molecule has 1 fully saturated rings. The Bertz CT molecular complexity index is 905. The van der Waals surface area contributed by atoms with Gasteiger partial charge < -0.3 is 10.2 Å². The average Bonchev–Trinajstić information content (AvgIpc) is 2.62. The predicted molar refractivity (Wildman–Crippen MR) is 109 cm³/mol. The van der Waals surface area contributed by atoms with E-state index in [1.165, 1.54) is 12.1 Å². The summed E-state index contributed by atoms with van der Waals surface area (Å²) in [6.07, 6.45) is 1.12. The van der Waals surface area contributed by atoms with Crippen molar-refractivity contribution >= 4 is 29.1 Å². The Balaban J connectivity index is 1.81. The molecular weight excluding hydrogens is 379 g/mol. The maximum absolute atomic E-state index is 13.2. The van der Waals surface area contributed by atoms with Gasteiger partial charge in [-0.1, -0.05) is 31.5 Å². The van der Waals surface area contributed by atoms with E-state index in [1.807, 2.05) is 17.9 Å². The quantitative estimate of drug-likeness (QED) is 0.771. The van der Waals surface area contributed by atoms with Crippen LogP contribution in [-0.4, -0.2) is 29.8 Å². The topological polar surface area (TPSA) is 49.4 Å². The number of anilines is 1. The average molecular weight is 403 g/mol. The lowest BCUT2D eigenvalue weighted by Gasteiger charge is -2.35. The SMILES string of the molecule is Cc1ccc(C(=O)N2CC(C)CC(C)C2)cc1NC(=O)c1ccc(F)cc1Cl. The van der Waals surface area contributed by atoms with E-state index in [0.29, 0.717) is 23.1 Å². The van der Waals surface area contributed by atoms with Gasteiger partial charge in [0.25, 0.3) is 11.8 Å². The Labute approximate surface area is 169 Å². The highest BCUT2D eigenvalue weighted by Gasteiger charge is 2.26. The van der Waals surface area contributed by atoms with E-state index in [-0.39, 0.29) is 16.5 Å². The maximum atomic E-state index is 13.2. The van der Waals surface area contributed by atoms with Gasteiger partial charge in [0.05, 0.1) is 10.6 Å². The number of hydrogen-bond acceptors (Lipinski definition) is 2. The lowest BCUT2D eigenvalue weighted by atomic mass is 9.91. The molecule has 6 heteroatoms. The third kappa shape index (κ3) is 4.53. The van der Waals surface area contributed by atoms with Crippen molar-refractivity contribution in [1.82, 2.24) is 4.90 Å². The first-order valence-electron chi connectivity index (χ1n) is 9.41. The van der Waals surface area contributed by atoms with Crippen molar-refractivity contribution in [1.29, 1.82) is 0 Å². The van der Waals surface area contributed by atoms with Crippen molar-refractivity contribution in [3.8, 4) is 0 Å². The molecule has 0 aromatic heterocycles. The highest BCUT2D eigenvalue weighted by atomic mass is 35.5. The van der Waals surface area contributed by atoms with Gasteiger partial charge >= 0.3 is 0 Å². The van der Waals surface area contributed by atoms with Crippen LogP contribution in [0.4, 0.5) is 10.1 Å². The van der Waals surface area contributed by atoms with Gasteiger partial charge in [-0.3, -0.25) is 9.59 Å². The van der Waals surface area contributed by atoms with E-state index < -0.39 is 11.7 Å². The van der Waals surface area contributed by atoms with Crippen molar-refractivity contribution in [2.45, 2.75) is 27.2 Å². The van der Waals surface area contributed by atoms with Gasteiger partial charge in [0.15, 0.2) is 0 Å². The summed E-state index contributed by atoms with van der Waals surface area (Å²) in [6, 6.07) is 8.91. The monoisotopic (exact) mass is 402 g/mol. The first kappa shape index (κ1) is 20.3. The second-order valence-electron chi connectivity index (χ2n) is 7.76. The van der Waals surface area contributed by atoms with Gasteiger partial charge in [0.2, 0.25) is 0 Å². The summed E-state index contributed by atoms with van der Waals surface area (Å²) in [5.41, 5.74) is 2.07. The van der Waals surface area contributed by atoms with E-state index in [1.54, 1.807) is 12.1 Å². The number of benzene rings is 2. The third-order valence-electron chi connectivity index (χ3n) is 5.06. The van der Waals surface area contributed by atoms with Crippen molar-refractivity contribution < 1.29 is 14.0 Å². The normalized spacial score (nSPS) is 19.4. The van der Waals surface area contributed by atoms with Gasteiger partial charge in [-0.05, 0) is 61.1 Å². The van der Waals surface area contributed by atoms with E-state index >= 15 is 0 Å². The number of carbonyl (C=O) groups is 2. The molecule has 148 valence electrons. The number of halogens is 2. The Kier molecular flexibility index (Phi) is 6.04. The van der Waals surface area contributed by atoms with E-state index in [2.05, 4.69) is 19.2 Å². The number of nitrogens with zero attached hydrogens (tertiary/aromatic N) is 1. The van der Waals surface area contributed by atoms with E-state index in [0.717, 1.165) is 31.1 Å². The van der Waals surface area contributed by atoms with E-state index in [9.17, 15) is 14.0 Å². The zero-order chi connectivity index (χ0) is 20.4. The fraction of sp³-hybridized carbons (Fsp3) is 0.364. The minimum Gasteiger partial charge on any atom is -0.338 e. The van der Waals surface area contributed by atoms with Crippen LogP contribution < -0.4 is 5.32 Å². The van der Waals surface area contributed by atoms with Crippen molar-refractivity contribution in [3.63, 3.8) is 0 Å². The molecule has 0 saturated carbocycles. The van der Waals surface area contributed by atoms with Gasteiger partial charge in [0.1, 0.15) is 5.82 Å². The van der Waals surface area contributed by atoms with Gasteiger partial charge in [-0.15, -0.1) is 0 Å². The minimum atomic E-state index is -0.504. The zero-order valence-corrected chi connectivity index (χ0v) is 17.0. The number of rotatable bonds is 3. The van der Waals surface area contributed by atoms with E-state index in [4.69, 9.17) is 11.6 Å². The van der Waals surface area contributed by atoms with Crippen molar-refractivity contribution in [2.75, 3.05) is 18.4 Å². The molecule has 0 radical (unpaired) electrons. The molecule has 2 aromatic rings. The minimum absolute atomic E-state index is 0.0336. The molecule has 4 nitrogen and oxygen atoms in total. The van der Waals surface area contributed by atoms with Crippen LogP contribution in [0.3, 0.4) is 0 Å². The summed E-state index contributed by atoms with van der Waals surface area (Å²) in [5.74, 6) is -0.0437. The largest absolute Gasteiger partial charge is 0.338 e. The number of carbonyl (C=O) groups excluding carboxylic acids is 2. The molecule has 2 unspecified atom stereocenters. The van der Waals surface area contributed by atoms with Gasteiger partial charge in [0, 0.05) is 24.3 Å². The second kappa shape index (κ2) is 8.31. The van der Waals surface area contributed by atoms with Crippen LogP contribution in [0, 0.1) is 24.6 Å². The zero-order valence-electron chi connectivity index (χ0n) is 16.3. The van der Waals surface area contributed by atoms with Crippen LogP contribution >= 0.6 is 11.6 Å². The van der Waals surface area contributed by atoms with Gasteiger partial charge in [-0.2, -0.15) is 0 Å². The third-order valence-corrected chi connectivity index (χ3v) is 5.38. The smallest absolute Gasteiger partial charge is 0.257 e. The molecule has 0 spiro atoms. The highest BCUT2D eigenvalue weighted by Crippen LogP contribution is 2.25. The fourth-order valence-corrected chi connectivity index (χ4v) is 4.02. The molecule has 0 bridgehead atoms. The summed E-state index contributed by atoms with van der Waals surface area (Å²) >= 11 is 5.98. The second-order valence-corrected chi connectivity index (χ2v) is 8.17. The van der Waals surface area contributed by atoms with Crippen LogP contribution in [0.1, 0.15) is 46.5 Å². The van der Waals surface area contributed by atoms with Gasteiger partial charge in [-0.25, -0.2) is 4.39 Å². The maximum Gasteiger partial charge on any atom is 0.257 e. The lowest BCUT2D eigenvalue weighted by Crippen LogP contribution is -2.42. The number of aryl methyl sites for hydroxylation is 1. The number of nitrogens with one attached hydrogen (secondary N) is 1. The van der Waals surface area contributed by atoms with Crippen molar-refractivity contribution in [2.24, 2.45) is 11.8 Å². The Morgan fingerprint density at radius 2 is 1.79 bits per heavy atom. The summed E-state index contributed by atoms with van der Waals surface area (Å²) < 4.78 is 13.2. The standard InChI is InChI=1S/C22H24ClFN2O2/c1-13-8-14(2)12-26(11-13)22(28)16-5-4-15(3)20(9-16)25-21(27)18-7-6-17(24)10-19(18)23/h4-7,9-10,13-14H,8,11-12H2,1-3H3,(H,25,27). The number of hydrogen-bond donors (Lipinski definition) is 1. The fourth-order valence-electron chi connectivity index (χ4n) is 3.76. The number of likely N-dealkylation sites (tertiary alicyclic amines) is 1. The van der Waals surface area contributed by atoms with Crippen LogP contribution in [0.2, 0.25) is 5.02 Å². The summed E-state index contributed by atoms with van der Waals surface area (Å²) in [7, 11) is 0. The van der Waals surface area contributed by atoms with Crippen LogP contribution in [0.25, 0.3) is 0 Å². The molecule has 2 aromatic carbocycles. The summed E-state index contributed by atoms with van der Waals surface area (Å²) in [6.45, 7) is 7.64. The Morgan fingerprint density at radius 3 is 2.43 bits per heavy atom. The molecule has 2 amide bonds. The molecule has 3 rings (SSSR count). The first-order chi connectivity index (χ1) is 13.2. The molecule has 1 aliphatic rings. The molecule has 1 heterocycles. The number of piperidine rings is 1. The lowest BCUT2D eigenvalue weighted by molar-refractivity contribution is 0.0623. The summed E-state index contributed by atoms with van der Waals surface area (Å²) in [4.78, 5) is 27.4. The molecule has 28 heavy (non-hydrogen) atoms. The molecular formula is C22H24ClFN2O2. The predicted octanol–water partition coefficient (Wildman–Crippen LogP) is 5.16. The first-order valence-corrected chi connectivity index (χ1v) is 9.78. The molecule has 0 aliphatic carbocycles. The summed E-state index contributed by atoms with van der Waals surface area (Å²) in [5, 5.41) is 2.83. The Hall–Kier alpha value is -2.40. The molecule has 2 atom stereocenters. The van der Waals surface area contributed by atoms with Crippen LogP contribution in [0.15, 0.2) is 36.4 Å². The van der Waals surface area contributed by atoms with Crippen LogP contribution in [0.5, 0.6) is 0 Å². The molecule has 1 N–H and O–H groups in total. The Morgan fingerprint density at radius 1 is 1.11 bits per heavy atom.